The van der Waals surface area contributed by atoms with Crippen LogP contribution in [0.15, 0.2) is 42.5 Å². The summed E-state index contributed by atoms with van der Waals surface area (Å²) in [6.07, 6.45) is 0. The Balaban J connectivity index is 2.10. The number of anilines is 1. The Morgan fingerprint density at radius 3 is 2.74 bits per heavy atom. The number of carbonyl (C=O) groups excluding carboxylic acids is 1. The Kier molecular flexibility index (Phi) is 4.02. The highest BCUT2D eigenvalue weighted by atomic mass is 35.5. The van der Waals surface area contributed by atoms with Crippen molar-refractivity contribution in [2.45, 2.75) is 6.54 Å². The fourth-order valence-electron chi connectivity index (χ4n) is 1.70. The van der Waals surface area contributed by atoms with Crippen molar-refractivity contribution in [3.05, 3.63) is 64.4 Å². The van der Waals surface area contributed by atoms with Crippen molar-refractivity contribution in [3.8, 4) is 0 Å². The van der Waals surface area contributed by atoms with Crippen LogP contribution in [0.4, 0.5) is 10.1 Å². The van der Waals surface area contributed by atoms with E-state index in [1.165, 1.54) is 12.1 Å². The summed E-state index contributed by atoms with van der Waals surface area (Å²) in [4.78, 5) is 11.0. The summed E-state index contributed by atoms with van der Waals surface area (Å²) in [6, 6.07) is 11.1. The van der Waals surface area contributed by atoms with Crippen LogP contribution in [-0.4, -0.2) is 5.91 Å². The third-order valence-corrected chi connectivity index (χ3v) is 2.78. The van der Waals surface area contributed by atoms with Gasteiger partial charge in [0.05, 0.1) is 0 Å². The summed E-state index contributed by atoms with van der Waals surface area (Å²) in [5, 5.41) is 3.43. The van der Waals surface area contributed by atoms with Gasteiger partial charge in [-0.3, -0.25) is 4.79 Å². The van der Waals surface area contributed by atoms with Crippen molar-refractivity contribution in [2.24, 2.45) is 5.73 Å². The molecule has 0 bridgehead atoms. The molecule has 0 aliphatic heterocycles. The summed E-state index contributed by atoms with van der Waals surface area (Å²) in [6.45, 7) is 0.402. The van der Waals surface area contributed by atoms with Crippen LogP contribution in [0, 0.1) is 5.82 Å². The molecule has 0 aliphatic rings. The van der Waals surface area contributed by atoms with Gasteiger partial charge in [0.25, 0.3) is 0 Å². The maximum atomic E-state index is 13.2. The molecule has 2 rings (SSSR count). The predicted molar refractivity (Wildman–Crippen MR) is 73.7 cm³/mol. The van der Waals surface area contributed by atoms with E-state index >= 15 is 0 Å². The van der Waals surface area contributed by atoms with E-state index in [1.54, 1.807) is 30.3 Å². The molecule has 2 aromatic rings. The number of primary amides is 1. The van der Waals surface area contributed by atoms with E-state index in [0.29, 0.717) is 17.1 Å². The molecular weight excluding hydrogens is 267 g/mol. The zero-order chi connectivity index (χ0) is 13.8. The van der Waals surface area contributed by atoms with Crippen LogP contribution in [0.25, 0.3) is 0 Å². The number of carbonyl (C=O) groups is 1. The quantitative estimate of drug-likeness (QED) is 0.902. The Bertz CT molecular complexity index is 596. The molecule has 2 aromatic carbocycles. The molecule has 1 amide bonds. The van der Waals surface area contributed by atoms with Crippen LogP contribution in [0.3, 0.4) is 0 Å². The topological polar surface area (TPSA) is 55.1 Å². The second-order valence-electron chi connectivity index (χ2n) is 4.08. The van der Waals surface area contributed by atoms with Gasteiger partial charge >= 0.3 is 0 Å². The van der Waals surface area contributed by atoms with Crippen molar-refractivity contribution in [2.75, 3.05) is 5.32 Å². The molecule has 3 nitrogen and oxygen atoms in total. The van der Waals surface area contributed by atoms with E-state index in [2.05, 4.69) is 5.32 Å². The summed E-state index contributed by atoms with van der Waals surface area (Å²) in [7, 11) is 0. The van der Waals surface area contributed by atoms with Gasteiger partial charge in [-0.25, -0.2) is 4.39 Å². The Labute approximate surface area is 115 Å². The van der Waals surface area contributed by atoms with Gasteiger partial charge in [-0.2, -0.15) is 0 Å². The van der Waals surface area contributed by atoms with Crippen LogP contribution in [0.1, 0.15) is 15.9 Å². The van der Waals surface area contributed by atoms with Gasteiger partial charge in [0.15, 0.2) is 0 Å². The highest BCUT2D eigenvalue weighted by Crippen LogP contribution is 2.16. The maximum Gasteiger partial charge on any atom is 0.248 e. The summed E-state index contributed by atoms with van der Waals surface area (Å²) < 4.78 is 13.2. The van der Waals surface area contributed by atoms with E-state index in [4.69, 9.17) is 17.3 Å². The largest absolute Gasteiger partial charge is 0.381 e. The smallest absolute Gasteiger partial charge is 0.248 e. The molecule has 19 heavy (non-hydrogen) atoms. The molecule has 98 valence electrons. The average molecular weight is 279 g/mol. The first-order valence-corrected chi connectivity index (χ1v) is 6.01. The SMILES string of the molecule is NC(=O)c1cccc(NCc2cc(F)cc(Cl)c2)c1. The van der Waals surface area contributed by atoms with Gasteiger partial charge in [0.2, 0.25) is 5.91 Å². The minimum absolute atomic E-state index is 0.350. The number of nitrogens with one attached hydrogen (secondary N) is 1. The molecular formula is C14H12ClFN2O. The zero-order valence-electron chi connectivity index (χ0n) is 9.99. The van der Waals surface area contributed by atoms with Gasteiger partial charge in [-0.05, 0) is 42.0 Å². The Morgan fingerprint density at radius 1 is 1.26 bits per heavy atom. The second kappa shape index (κ2) is 5.71. The fraction of sp³-hybridized carbons (Fsp3) is 0.0714. The summed E-state index contributed by atoms with van der Waals surface area (Å²) in [5.74, 6) is -0.868. The minimum atomic E-state index is -0.488. The number of rotatable bonds is 4. The first-order valence-electron chi connectivity index (χ1n) is 5.63. The van der Waals surface area contributed by atoms with Gasteiger partial charge in [0, 0.05) is 22.8 Å². The molecule has 0 aromatic heterocycles. The maximum absolute atomic E-state index is 13.2. The summed E-state index contributed by atoms with van der Waals surface area (Å²) in [5.41, 5.74) is 7.06. The molecule has 0 heterocycles. The van der Waals surface area contributed by atoms with E-state index in [0.717, 1.165) is 11.3 Å². The number of halogens is 2. The highest BCUT2D eigenvalue weighted by Gasteiger charge is 2.02. The molecule has 0 atom stereocenters. The number of hydrogen-bond acceptors (Lipinski definition) is 2. The van der Waals surface area contributed by atoms with Gasteiger partial charge in [0.1, 0.15) is 5.82 Å². The van der Waals surface area contributed by atoms with Crippen molar-refractivity contribution < 1.29 is 9.18 Å². The highest BCUT2D eigenvalue weighted by molar-refractivity contribution is 6.30. The van der Waals surface area contributed by atoms with Crippen molar-refractivity contribution in [3.63, 3.8) is 0 Å². The average Bonchev–Trinajstić information content (AvgIpc) is 2.35. The van der Waals surface area contributed by atoms with Crippen LogP contribution < -0.4 is 11.1 Å². The zero-order valence-corrected chi connectivity index (χ0v) is 10.7. The molecule has 3 N–H and O–H groups in total. The van der Waals surface area contributed by atoms with Crippen molar-refractivity contribution in [1.82, 2.24) is 0 Å². The predicted octanol–water partition coefficient (Wildman–Crippen LogP) is 3.19. The molecule has 0 radical (unpaired) electrons. The van der Waals surface area contributed by atoms with Crippen molar-refractivity contribution >= 4 is 23.2 Å². The number of hydrogen-bond donors (Lipinski definition) is 2. The van der Waals surface area contributed by atoms with Crippen LogP contribution in [-0.2, 0) is 6.54 Å². The fourth-order valence-corrected chi connectivity index (χ4v) is 1.94. The van der Waals surface area contributed by atoms with E-state index < -0.39 is 5.91 Å². The third-order valence-electron chi connectivity index (χ3n) is 2.57. The normalized spacial score (nSPS) is 10.2. The van der Waals surface area contributed by atoms with Gasteiger partial charge in [-0.1, -0.05) is 17.7 Å². The molecule has 0 spiro atoms. The lowest BCUT2D eigenvalue weighted by molar-refractivity contribution is 0.100. The minimum Gasteiger partial charge on any atom is -0.381 e. The standard InChI is InChI=1S/C14H12ClFN2O/c15-11-4-9(5-12(16)7-11)8-18-13-3-1-2-10(6-13)14(17)19/h1-7,18H,8H2,(H2,17,19). The number of benzene rings is 2. The lowest BCUT2D eigenvalue weighted by atomic mass is 10.1. The van der Waals surface area contributed by atoms with Gasteiger partial charge < -0.3 is 11.1 Å². The molecule has 5 heteroatoms. The molecule has 0 saturated carbocycles. The molecule has 0 aliphatic carbocycles. The summed E-state index contributed by atoms with van der Waals surface area (Å²) >= 11 is 5.77. The monoisotopic (exact) mass is 278 g/mol. The molecule has 0 unspecified atom stereocenters. The Hall–Kier alpha value is -2.07. The first-order chi connectivity index (χ1) is 9.04. The van der Waals surface area contributed by atoms with Crippen LogP contribution >= 0.6 is 11.6 Å². The number of nitrogens with two attached hydrogens (primary N) is 1. The second-order valence-corrected chi connectivity index (χ2v) is 4.51. The third kappa shape index (κ3) is 3.69. The molecule has 0 fully saturated rings. The van der Waals surface area contributed by atoms with E-state index in [1.807, 2.05) is 0 Å². The first kappa shape index (κ1) is 13.4. The van der Waals surface area contributed by atoms with Gasteiger partial charge in [-0.15, -0.1) is 0 Å². The number of amides is 1. The lowest BCUT2D eigenvalue weighted by Crippen LogP contribution is -2.11. The lowest BCUT2D eigenvalue weighted by Gasteiger charge is -2.08. The van der Waals surface area contributed by atoms with Crippen LogP contribution in [0.5, 0.6) is 0 Å². The molecule has 0 saturated heterocycles. The Morgan fingerprint density at radius 2 is 2.05 bits per heavy atom. The van der Waals surface area contributed by atoms with E-state index in [-0.39, 0.29) is 5.82 Å². The van der Waals surface area contributed by atoms with E-state index in [9.17, 15) is 9.18 Å². The van der Waals surface area contributed by atoms with Crippen molar-refractivity contribution in [1.29, 1.82) is 0 Å². The van der Waals surface area contributed by atoms with Crippen LogP contribution in [0.2, 0.25) is 5.02 Å².